The van der Waals surface area contributed by atoms with E-state index in [1.54, 1.807) is 4.90 Å². The third-order valence-corrected chi connectivity index (χ3v) is 2.18. The van der Waals surface area contributed by atoms with Crippen LogP contribution in [0.2, 0.25) is 0 Å². The van der Waals surface area contributed by atoms with Gasteiger partial charge in [-0.1, -0.05) is 0 Å². The largest absolute Gasteiger partial charge is 0.480 e. The quantitative estimate of drug-likeness (QED) is 0.501. The van der Waals surface area contributed by atoms with E-state index in [0.717, 1.165) is 13.1 Å². The molecule has 1 saturated heterocycles. The molecular weight excluding hydrogens is 186 g/mol. The van der Waals surface area contributed by atoms with Crippen LogP contribution in [0, 0.1) is 0 Å². The van der Waals surface area contributed by atoms with Crippen molar-refractivity contribution in [1.82, 2.24) is 10.2 Å². The van der Waals surface area contributed by atoms with Crippen LogP contribution in [0.25, 0.3) is 0 Å². The predicted octanol–water partition coefficient (Wildman–Crippen LogP) is -1.78. The van der Waals surface area contributed by atoms with Gasteiger partial charge in [0.05, 0.1) is 6.42 Å². The average molecular weight is 201 g/mol. The van der Waals surface area contributed by atoms with E-state index in [9.17, 15) is 9.59 Å². The fourth-order valence-electron chi connectivity index (χ4n) is 1.32. The summed E-state index contributed by atoms with van der Waals surface area (Å²) in [5, 5.41) is 11.6. The number of nitrogens with one attached hydrogen (secondary N) is 1. The summed E-state index contributed by atoms with van der Waals surface area (Å²) >= 11 is 0. The number of carboxylic acids is 1. The van der Waals surface area contributed by atoms with Gasteiger partial charge >= 0.3 is 5.97 Å². The van der Waals surface area contributed by atoms with E-state index in [-0.39, 0.29) is 12.3 Å². The molecule has 0 aromatic heterocycles. The maximum absolute atomic E-state index is 11.5. The van der Waals surface area contributed by atoms with Gasteiger partial charge in [0.1, 0.15) is 6.04 Å². The van der Waals surface area contributed by atoms with Gasteiger partial charge in [-0.3, -0.25) is 9.59 Å². The molecule has 6 heteroatoms. The highest BCUT2D eigenvalue weighted by Crippen LogP contribution is 1.99. The van der Waals surface area contributed by atoms with Crippen molar-refractivity contribution in [1.29, 1.82) is 0 Å². The Labute approximate surface area is 82.1 Å². The van der Waals surface area contributed by atoms with E-state index in [1.807, 2.05) is 0 Å². The van der Waals surface area contributed by atoms with Crippen molar-refractivity contribution < 1.29 is 14.7 Å². The van der Waals surface area contributed by atoms with Crippen LogP contribution in [0.5, 0.6) is 0 Å². The van der Waals surface area contributed by atoms with Crippen LogP contribution >= 0.6 is 0 Å². The van der Waals surface area contributed by atoms with Crippen LogP contribution in [-0.2, 0) is 9.59 Å². The molecular formula is C8H15N3O3. The normalized spacial score (nSPS) is 19.1. The molecule has 1 fully saturated rings. The number of aliphatic carboxylic acids is 1. The SMILES string of the molecule is N[C@@H](CC(=O)N1CCNCC1)C(=O)O. The maximum atomic E-state index is 11.5. The molecule has 0 aliphatic carbocycles. The molecule has 1 heterocycles. The van der Waals surface area contributed by atoms with Crippen molar-refractivity contribution >= 4 is 11.9 Å². The lowest BCUT2D eigenvalue weighted by atomic mass is 10.2. The Hall–Kier alpha value is -1.14. The predicted molar refractivity (Wildman–Crippen MR) is 49.7 cm³/mol. The Bertz CT molecular complexity index is 226. The summed E-state index contributed by atoms with van der Waals surface area (Å²) in [7, 11) is 0. The van der Waals surface area contributed by atoms with Crippen molar-refractivity contribution in [3.63, 3.8) is 0 Å². The minimum atomic E-state index is -1.13. The molecule has 0 unspecified atom stereocenters. The van der Waals surface area contributed by atoms with Crippen LogP contribution in [0.3, 0.4) is 0 Å². The number of nitrogens with zero attached hydrogens (tertiary/aromatic N) is 1. The lowest BCUT2D eigenvalue weighted by Crippen LogP contribution is -2.48. The molecule has 4 N–H and O–H groups in total. The van der Waals surface area contributed by atoms with Gasteiger partial charge in [-0.15, -0.1) is 0 Å². The van der Waals surface area contributed by atoms with Crippen LogP contribution in [0.1, 0.15) is 6.42 Å². The number of piperazine rings is 1. The Morgan fingerprint density at radius 2 is 2.00 bits per heavy atom. The number of carbonyl (C=O) groups is 2. The van der Waals surface area contributed by atoms with Crippen LogP contribution < -0.4 is 11.1 Å². The molecule has 1 amide bonds. The number of carbonyl (C=O) groups excluding carboxylic acids is 1. The van der Waals surface area contributed by atoms with Gasteiger partial charge in [-0.05, 0) is 0 Å². The lowest BCUT2D eigenvalue weighted by molar-refractivity contribution is -0.142. The highest BCUT2D eigenvalue weighted by Gasteiger charge is 2.21. The molecule has 0 radical (unpaired) electrons. The van der Waals surface area contributed by atoms with E-state index < -0.39 is 12.0 Å². The summed E-state index contributed by atoms with van der Waals surface area (Å²) in [6.07, 6.45) is -0.116. The van der Waals surface area contributed by atoms with Crippen molar-refractivity contribution in [3.05, 3.63) is 0 Å². The first-order valence-corrected chi connectivity index (χ1v) is 4.58. The molecule has 0 spiro atoms. The summed E-state index contributed by atoms with van der Waals surface area (Å²) in [6.45, 7) is 2.78. The average Bonchev–Trinajstić information content (AvgIpc) is 2.19. The maximum Gasteiger partial charge on any atom is 0.321 e. The summed E-state index contributed by atoms with van der Waals surface area (Å²) in [6, 6.07) is -1.09. The van der Waals surface area contributed by atoms with E-state index in [0.29, 0.717) is 13.1 Å². The second-order valence-electron chi connectivity index (χ2n) is 3.28. The Balaban J connectivity index is 2.36. The summed E-state index contributed by atoms with van der Waals surface area (Å²) in [4.78, 5) is 23.5. The summed E-state index contributed by atoms with van der Waals surface area (Å²) in [5.41, 5.74) is 5.26. The molecule has 1 atom stereocenters. The smallest absolute Gasteiger partial charge is 0.321 e. The Morgan fingerprint density at radius 1 is 1.43 bits per heavy atom. The standard InChI is InChI=1S/C8H15N3O3/c9-6(8(13)14)5-7(12)11-3-1-10-2-4-11/h6,10H,1-5,9H2,(H,13,14)/t6-/m0/s1. The lowest BCUT2D eigenvalue weighted by Gasteiger charge is -2.27. The molecule has 1 aliphatic heterocycles. The van der Waals surface area contributed by atoms with Crippen molar-refractivity contribution in [3.8, 4) is 0 Å². The Morgan fingerprint density at radius 3 is 2.50 bits per heavy atom. The molecule has 0 aromatic rings. The first kappa shape index (κ1) is 10.9. The monoisotopic (exact) mass is 201 g/mol. The zero-order valence-electron chi connectivity index (χ0n) is 7.90. The van der Waals surface area contributed by atoms with E-state index >= 15 is 0 Å². The van der Waals surface area contributed by atoms with Crippen LogP contribution in [0.15, 0.2) is 0 Å². The number of hydrogen-bond acceptors (Lipinski definition) is 4. The fraction of sp³-hybridized carbons (Fsp3) is 0.750. The van der Waals surface area contributed by atoms with Crippen LogP contribution in [-0.4, -0.2) is 54.1 Å². The van der Waals surface area contributed by atoms with Crippen molar-refractivity contribution in [2.24, 2.45) is 5.73 Å². The molecule has 0 aromatic carbocycles. The van der Waals surface area contributed by atoms with E-state index in [2.05, 4.69) is 5.32 Å². The second-order valence-corrected chi connectivity index (χ2v) is 3.28. The fourth-order valence-corrected chi connectivity index (χ4v) is 1.32. The molecule has 6 nitrogen and oxygen atoms in total. The molecule has 80 valence electrons. The van der Waals surface area contributed by atoms with E-state index in [4.69, 9.17) is 10.8 Å². The zero-order chi connectivity index (χ0) is 10.6. The van der Waals surface area contributed by atoms with Crippen molar-refractivity contribution in [2.75, 3.05) is 26.2 Å². The minimum absolute atomic E-state index is 0.116. The third-order valence-electron chi connectivity index (χ3n) is 2.18. The molecule has 0 saturated carbocycles. The zero-order valence-corrected chi connectivity index (χ0v) is 7.90. The van der Waals surface area contributed by atoms with Gasteiger partial charge in [0.25, 0.3) is 0 Å². The molecule has 0 bridgehead atoms. The summed E-state index contributed by atoms with van der Waals surface area (Å²) < 4.78 is 0. The van der Waals surface area contributed by atoms with Gasteiger partial charge < -0.3 is 21.1 Å². The number of carboxylic acid groups (broad SMARTS) is 1. The van der Waals surface area contributed by atoms with E-state index in [1.165, 1.54) is 0 Å². The molecule has 1 aliphatic rings. The number of rotatable bonds is 3. The molecule has 14 heavy (non-hydrogen) atoms. The van der Waals surface area contributed by atoms with Gasteiger partial charge in [0.15, 0.2) is 0 Å². The first-order valence-electron chi connectivity index (χ1n) is 4.58. The number of amides is 1. The highest BCUT2D eigenvalue weighted by molar-refractivity contribution is 5.84. The molecule has 1 rings (SSSR count). The van der Waals surface area contributed by atoms with Gasteiger partial charge in [0, 0.05) is 26.2 Å². The third kappa shape index (κ3) is 2.97. The Kier molecular flexibility index (Phi) is 3.84. The first-order chi connectivity index (χ1) is 6.61. The topological polar surface area (TPSA) is 95.7 Å². The number of nitrogens with two attached hydrogens (primary N) is 1. The van der Waals surface area contributed by atoms with Crippen molar-refractivity contribution in [2.45, 2.75) is 12.5 Å². The highest BCUT2D eigenvalue weighted by atomic mass is 16.4. The number of hydrogen-bond donors (Lipinski definition) is 3. The van der Waals surface area contributed by atoms with Gasteiger partial charge in [0.2, 0.25) is 5.91 Å². The minimum Gasteiger partial charge on any atom is -0.480 e. The van der Waals surface area contributed by atoms with Gasteiger partial charge in [-0.2, -0.15) is 0 Å². The van der Waals surface area contributed by atoms with Crippen LogP contribution in [0.4, 0.5) is 0 Å². The van der Waals surface area contributed by atoms with Gasteiger partial charge in [-0.25, -0.2) is 0 Å². The summed E-state index contributed by atoms with van der Waals surface area (Å²) in [5.74, 6) is -1.31. The second kappa shape index (κ2) is 4.92.